The van der Waals surface area contributed by atoms with E-state index >= 15 is 0 Å². The molecule has 3 heteroatoms. The monoisotopic (exact) mass is 674 g/mol. The summed E-state index contributed by atoms with van der Waals surface area (Å²) >= 11 is 1.89. The van der Waals surface area contributed by atoms with Crippen molar-refractivity contribution in [2.45, 2.75) is 51.4 Å². The summed E-state index contributed by atoms with van der Waals surface area (Å²) in [6.45, 7) is 9.75. The first-order valence-electron chi connectivity index (χ1n) is 18.2. The molecule has 3 heterocycles. The molecule has 0 fully saturated rings. The van der Waals surface area contributed by atoms with Gasteiger partial charge < -0.3 is 9.13 Å². The summed E-state index contributed by atoms with van der Waals surface area (Å²) in [6.07, 6.45) is 2.39. The quantitative estimate of drug-likeness (QED) is 0.173. The van der Waals surface area contributed by atoms with E-state index in [0.29, 0.717) is 0 Å². The number of fused-ring (bicyclic) bond motifs is 12. The van der Waals surface area contributed by atoms with Gasteiger partial charge in [0.2, 0.25) is 0 Å². The van der Waals surface area contributed by atoms with Gasteiger partial charge in [-0.15, -0.1) is 11.3 Å². The molecule has 0 saturated heterocycles. The van der Waals surface area contributed by atoms with Gasteiger partial charge in [0.25, 0.3) is 0 Å². The highest BCUT2D eigenvalue weighted by Gasteiger charge is 2.38. The zero-order valence-electron chi connectivity index (χ0n) is 29.4. The molecule has 3 aromatic heterocycles. The molecule has 0 bridgehead atoms. The normalized spacial score (nSPS) is 15.6. The van der Waals surface area contributed by atoms with E-state index in [9.17, 15) is 0 Å². The highest BCUT2D eigenvalue weighted by molar-refractivity contribution is 7.25. The van der Waals surface area contributed by atoms with E-state index in [1.54, 1.807) is 0 Å². The Kier molecular flexibility index (Phi) is 5.82. The van der Waals surface area contributed by atoms with E-state index in [-0.39, 0.29) is 10.8 Å². The van der Waals surface area contributed by atoms with Crippen LogP contribution in [-0.4, -0.2) is 9.13 Å². The second-order valence-corrected chi connectivity index (χ2v) is 17.1. The number of benzene rings is 7. The van der Waals surface area contributed by atoms with Gasteiger partial charge in [-0.25, -0.2) is 0 Å². The number of aromatic nitrogens is 2. The Labute approximate surface area is 301 Å². The van der Waals surface area contributed by atoms with Gasteiger partial charge in [-0.05, 0) is 106 Å². The van der Waals surface area contributed by atoms with Gasteiger partial charge in [0.05, 0.1) is 27.8 Å². The Morgan fingerprint density at radius 2 is 1.08 bits per heavy atom. The van der Waals surface area contributed by atoms with Crippen LogP contribution in [0, 0.1) is 0 Å². The molecule has 0 N–H and O–H groups in total. The van der Waals surface area contributed by atoms with Gasteiger partial charge >= 0.3 is 0 Å². The second kappa shape index (κ2) is 10.1. The van der Waals surface area contributed by atoms with Crippen LogP contribution in [0.1, 0.15) is 51.7 Å². The fourth-order valence-electron chi connectivity index (χ4n) is 9.41. The van der Waals surface area contributed by atoms with Crippen molar-refractivity contribution < 1.29 is 0 Å². The SMILES string of the molecule is CC1(C)CCC(C)(C)c2cc3c(cc21)c1cc2c(cc1n3-c1ccccc1)c1c3ccccc3ccc1n2-c1cccc2sc3ccccc3c12. The van der Waals surface area contributed by atoms with Gasteiger partial charge in [-0.1, -0.05) is 100 Å². The van der Waals surface area contributed by atoms with Crippen molar-refractivity contribution in [3.05, 3.63) is 145 Å². The zero-order chi connectivity index (χ0) is 34.2. The minimum absolute atomic E-state index is 0.119. The van der Waals surface area contributed by atoms with Crippen molar-refractivity contribution >= 4 is 85.9 Å². The predicted molar refractivity (Wildman–Crippen MR) is 221 cm³/mol. The summed E-state index contributed by atoms with van der Waals surface area (Å²) < 4.78 is 7.75. The van der Waals surface area contributed by atoms with Gasteiger partial charge in [-0.3, -0.25) is 0 Å². The topological polar surface area (TPSA) is 9.86 Å². The molecule has 0 radical (unpaired) electrons. The van der Waals surface area contributed by atoms with E-state index < -0.39 is 0 Å². The Morgan fingerprint density at radius 1 is 0.451 bits per heavy atom. The summed E-state index contributed by atoms with van der Waals surface area (Å²) in [5.41, 5.74) is 10.7. The largest absolute Gasteiger partial charge is 0.309 e. The lowest BCUT2D eigenvalue weighted by Crippen LogP contribution is -2.33. The third kappa shape index (κ3) is 3.98. The van der Waals surface area contributed by atoms with E-state index in [2.05, 4.69) is 170 Å². The maximum Gasteiger partial charge on any atom is 0.0555 e. The van der Waals surface area contributed by atoms with Gasteiger partial charge in [0.15, 0.2) is 0 Å². The number of hydrogen-bond acceptors (Lipinski definition) is 1. The summed E-state index contributed by atoms with van der Waals surface area (Å²) in [4.78, 5) is 0. The first kappa shape index (κ1) is 29.4. The minimum Gasteiger partial charge on any atom is -0.309 e. The molecule has 246 valence electrons. The number of rotatable bonds is 2. The molecular weight excluding hydrogens is 637 g/mol. The standard InChI is InChI=1S/C48H38N2S/c1-47(2)23-24-48(3,4)37-28-42-33(25-36(37)47)34-26-41-35(27-40(34)49(42)30-14-6-5-7-15-30)45-31-16-9-8-13-29(31)21-22-39(45)50(41)38-18-12-20-44-46(38)32-17-10-11-19-43(32)51-44/h5-22,25-28H,23-24H2,1-4H3. The molecule has 0 unspecified atom stereocenters. The molecule has 0 aliphatic heterocycles. The third-order valence-electron chi connectivity index (χ3n) is 12.1. The lowest BCUT2D eigenvalue weighted by atomic mass is 9.63. The summed E-state index contributed by atoms with van der Waals surface area (Å²) in [5.74, 6) is 0. The molecule has 0 saturated carbocycles. The smallest absolute Gasteiger partial charge is 0.0555 e. The number of para-hydroxylation sites is 1. The van der Waals surface area contributed by atoms with E-state index in [1.165, 1.54) is 110 Å². The minimum atomic E-state index is 0.119. The summed E-state index contributed by atoms with van der Waals surface area (Å²) in [5, 5.41) is 10.5. The van der Waals surface area contributed by atoms with Crippen LogP contribution in [0.25, 0.3) is 85.9 Å². The fraction of sp³-hybridized carbons (Fsp3) is 0.167. The number of hydrogen-bond donors (Lipinski definition) is 0. The third-order valence-corrected chi connectivity index (χ3v) is 13.3. The van der Waals surface area contributed by atoms with Crippen LogP contribution >= 0.6 is 11.3 Å². The highest BCUT2D eigenvalue weighted by atomic mass is 32.1. The van der Waals surface area contributed by atoms with Crippen LogP contribution in [0.15, 0.2) is 133 Å². The molecule has 10 aromatic rings. The number of nitrogens with zero attached hydrogens (tertiary/aromatic N) is 2. The van der Waals surface area contributed by atoms with E-state index in [0.717, 1.165) is 0 Å². The van der Waals surface area contributed by atoms with Crippen molar-refractivity contribution in [2.24, 2.45) is 0 Å². The van der Waals surface area contributed by atoms with Crippen LogP contribution in [0.2, 0.25) is 0 Å². The van der Waals surface area contributed by atoms with Crippen LogP contribution in [0.3, 0.4) is 0 Å². The second-order valence-electron chi connectivity index (χ2n) is 16.0. The van der Waals surface area contributed by atoms with Gasteiger partial charge in [0.1, 0.15) is 0 Å². The molecule has 0 spiro atoms. The van der Waals surface area contributed by atoms with Crippen molar-refractivity contribution in [1.29, 1.82) is 0 Å². The van der Waals surface area contributed by atoms with Crippen LogP contribution in [0.5, 0.6) is 0 Å². The maximum atomic E-state index is 2.56. The van der Waals surface area contributed by atoms with Crippen LogP contribution in [-0.2, 0) is 10.8 Å². The summed E-state index contributed by atoms with van der Waals surface area (Å²) in [7, 11) is 0. The Balaban J connectivity index is 1.37. The lowest BCUT2D eigenvalue weighted by Gasteiger charge is -2.42. The molecule has 2 nitrogen and oxygen atoms in total. The molecule has 51 heavy (non-hydrogen) atoms. The fourth-order valence-corrected chi connectivity index (χ4v) is 10.5. The van der Waals surface area contributed by atoms with E-state index in [1.807, 2.05) is 11.3 Å². The first-order chi connectivity index (χ1) is 24.8. The highest BCUT2D eigenvalue weighted by Crippen LogP contribution is 2.50. The molecular formula is C48H38N2S. The van der Waals surface area contributed by atoms with Gasteiger partial charge in [0, 0.05) is 47.4 Å². The average molecular weight is 675 g/mol. The van der Waals surface area contributed by atoms with Crippen molar-refractivity contribution in [1.82, 2.24) is 9.13 Å². The summed E-state index contributed by atoms with van der Waals surface area (Å²) in [6, 6.07) is 50.4. The van der Waals surface area contributed by atoms with Crippen molar-refractivity contribution in [3.63, 3.8) is 0 Å². The zero-order valence-corrected chi connectivity index (χ0v) is 30.2. The first-order valence-corrected chi connectivity index (χ1v) is 19.1. The molecule has 7 aromatic carbocycles. The number of thiophene rings is 1. The maximum absolute atomic E-state index is 2.56. The Bertz CT molecular complexity index is 3080. The molecule has 0 amide bonds. The molecule has 1 aliphatic carbocycles. The molecule has 0 atom stereocenters. The van der Waals surface area contributed by atoms with Crippen LogP contribution < -0.4 is 0 Å². The van der Waals surface area contributed by atoms with Crippen molar-refractivity contribution in [2.75, 3.05) is 0 Å². The predicted octanol–water partition coefficient (Wildman–Crippen LogP) is 13.8. The van der Waals surface area contributed by atoms with Crippen LogP contribution in [0.4, 0.5) is 0 Å². The van der Waals surface area contributed by atoms with E-state index in [4.69, 9.17) is 0 Å². The Hall–Kier alpha value is -5.38. The average Bonchev–Trinajstić information content (AvgIpc) is 3.79. The lowest BCUT2D eigenvalue weighted by molar-refractivity contribution is 0.332. The van der Waals surface area contributed by atoms with Crippen molar-refractivity contribution in [3.8, 4) is 11.4 Å². The van der Waals surface area contributed by atoms with Gasteiger partial charge in [-0.2, -0.15) is 0 Å². The molecule has 11 rings (SSSR count). The molecule has 1 aliphatic rings. The Morgan fingerprint density at radius 3 is 1.90 bits per heavy atom.